The number of halogens is 1. The number of carbonyl (C=O) groups is 1. The van der Waals surface area contributed by atoms with Gasteiger partial charge in [-0.1, -0.05) is 13.0 Å². The van der Waals surface area contributed by atoms with Crippen LogP contribution in [0.15, 0.2) is 45.7 Å². The summed E-state index contributed by atoms with van der Waals surface area (Å²) < 4.78 is 32.2. The van der Waals surface area contributed by atoms with Gasteiger partial charge in [0.05, 0.1) is 4.90 Å². The molecule has 26 heavy (non-hydrogen) atoms. The smallest absolute Gasteiger partial charge is 0.291 e. The molecule has 1 aromatic carbocycles. The third kappa shape index (κ3) is 4.09. The lowest BCUT2D eigenvalue weighted by Crippen LogP contribution is -2.48. The molecule has 9 heteroatoms. The lowest BCUT2D eigenvalue weighted by atomic mass is 10.3. The number of benzene rings is 1. The van der Waals surface area contributed by atoms with Crippen molar-refractivity contribution in [3.8, 4) is 0 Å². The number of rotatable bonds is 5. The zero-order chi connectivity index (χ0) is 18.7. The van der Waals surface area contributed by atoms with Crippen LogP contribution in [0.5, 0.6) is 0 Å². The van der Waals surface area contributed by atoms with Crippen LogP contribution in [0.3, 0.4) is 0 Å². The molecule has 1 aromatic heterocycles. The summed E-state index contributed by atoms with van der Waals surface area (Å²) >= 11 is 5.66. The maximum absolute atomic E-state index is 12.9. The molecule has 0 bridgehead atoms. The minimum atomic E-state index is -3.60. The normalized spacial score (nSPS) is 16.5. The van der Waals surface area contributed by atoms with E-state index in [-0.39, 0.29) is 15.9 Å². The molecule has 0 saturated carbocycles. The topological polar surface area (TPSA) is 82.9 Å². The van der Waals surface area contributed by atoms with E-state index in [9.17, 15) is 13.2 Å². The summed E-state index contributed by atoms with van der Waals surface area (Å²) in [6.07, 6.45) is 0. The lowest BCUT2D eigenvalue weighted by Gasteiger charge is -2.33. The first-order chi connectivity index (χ1) is 12.4. The summed E-state index contributed by atoms with van der Waals surface area (Å²) in [6.45, 7) is 5.31. The summed E-state index contributed by atoms with van der Waals surface area (Å²) in [5.74, 6) is -0.443. The van der Waals surface area contributed by atoms with Crippen molar-refractivity contribution in [1.29, 1.82) is 0 Å². The van der Waals surface area contributed by atoms with E-state index in [0.29, 0.717) is 31.9 Å². The lowest BCUT2D eigenvalue weighted by molar-refractivity contribution is 0.0996. The number of hydrogen-bond donors (Lipinski definition) is 1. The molecule has 0 radical (unpaired) electrons. The fourth-order valence-corrected chi connectivity index (χ4v) is 4.41. The molecular weight excluding hydrogens is 378 g/mol. The van der Waals surface area contributed by atoms with E-state index < -0.39 is 15.9 Å². The number of furan rings is 1. The number of amides is 1. The van der Waals surface area contributed by atoms with E-state index >= 15 is 0 Å². The Morgan fingerprint density at radius 1 is 1.19 bits per heavy atom. The monoisotopic (exact) mass is 397 g/mol. The highest BCUT2D eigenvalue weighted by Gasteiger charge is 2.28. The van der Waals surface area contributed by atoms with Crippen LogP contribution in [0, 0.1) is 0 Å². The summed E-state index contributed by atoms with van der Waals surface area (Å²) in [5, 5.41) is 2.73. The second-order valence-electron chi connectivity index (χ2n) is 5.92. The van der Waals surface area contributed by atoms with Gasteiger partial charge in [-0.25, -0.2) is 8.42 Å². The maximum atomic E-state index is 12.9. The van der Waals surface area contributed by atoms with Gasteiger partial charge in [0.2, 0.25) is 10.0 Å². The van der Waals surface area contributed by atoms with Crippen molar-refractivity contribution in [2.45, 2.75) is 11.8 Å². The van der Waals surface area contributed by atoms with Crippen LogP contribution in [0.2, 0.25) is 5.22 Å². The molecule has 140 valence electrons. The molecule has 2 heterocycles. The highest BCUT2D eigenvalue weighted by Crippen LogP contribution is 2.22. The molecule has 0 atom stereocenters. The molecule has 1 aliphatic heterocycles. The zero-order valence-electron chi connectivity index (χ0n) is 14.3. The molecule has 1 saturated heterocycles. The third-order valence-electron chi connectivity index (χ3n) is 4.31. The van der Waals surface area contributed by atoms with E-state index in [2.05, 4.69) is 17.1 Å². The van der Waals surface area contributed by atoms with Crippen molar-refractivity contribution >= 4 is 33.2 Å². The second kappa shape index (κ2) is 7.79. The average molecular weight is 398 g/mol. The van der Waals surface area contributed by atoms with Gasteiger partial charge in [-0.15, -0.1) is 0 Å². The van der Waals surface area contributed by atoms with Crippen LogP contribution in [-0.2, 0) is 10.0 Å². The van der Waals surface area contributed by atoms with Gasteiger partial charge >= 0.3 is 0 Å². The van der Waals surface area contributed by atoms with Gasteiger partial charge in [-0.05, 0) is 48.5 Å². The average Bonchev–Trinajstić information content (AvgIpc) is 3.08. The van der Waals surface area contributed by atoms with Crippen molar-refractivity contribution < 1.29 is 17.6 Å². The Balaban J connectivity index is 1.75. The number of nitrogens with one attached hydrogen (secondary N) is 1. The van der Waals surface area contributed by atoms with Crippen LogP contribution in [0.4, 0.5) is 5.69 Å². The van der Waals surface area contributed by atoms with Gasteiger partial charge in [0.15, 0.2) is 11.0 Å². The van der Waals surface area contributed by atoms with E-state index in [1.54, 1.807) is 12.1 Å². The first kappa shape index (κ1) is 18.9. The van der Waals surface area contributed by atoms with E-state index in [0.717, 1.165) is 6.54 Å². The minimum Gasteiger partial charge on any atom is -0.440 e. The van der Waals surface area contributed by atoms with Gasteiger partial charge in [-0.3, -0.25) is 4.79 Å². The zero-order valence-corrected chi connectivity index (χ0v) is 15.9. The predicted molar refractivity (Wildman–Crippen MR) is 99.0 cm³/mol. The summed E-state index contributed by atoms with van der Waals surface area (Å²) in [5.41, 5.74) is 0.371. The Bertz CT molecular complexity index is 889. The Morgan fingerprint density at radius 2 is 1.92 bits per heavy atom. The molecular formula is C17H20ClN3O4S. The van der Waals surface area contributed by atoms with Gasteiger partial charge in [0, 0.05) is 31.9 Å². The molecule has 1 fully saturated rings. The molecule has 0 unspecified atom stereocenters. The van der Waals surface area contributed by atoms with Crippen molar-refractivity contribution in [1.82, 2.24) is 9.21 Å². The first-order valence-electron chi connectivity index (χ1n) is 8.29. The number of likely N-dealkylation sites (N-methyl/N-ethyl adjacent to an activating group) is 1. The van der Waals surface area contributed by atoms with Crippen molar-refractivity contribution in [3.63, 3.8) is 0 Å². The molecule has 0 aliphatic carbocycles. The Morgan fingerprint density at radius 3 is 2.54 bits per heavy atom. The molecule has 3 rings (SSSR count). The third-order valence-corrected chi connectivity index (χ3v) is 6.40. The number of carbonyl (C=O) groups excluding carboxylic acids is 1. The standard InChI is InChI=1S/C17H20ClN3O4S/c1-2-20-8-10-21(11-9-20)26(23,24)14-5-3-4-13(12-14)19-17(22)15-6-7-16(18)25-15/h3-7,12H,2,8-11H2,1H3,(H,19,22). The summed E-state index contributed by atoms with van der Waals surface area (Å²) in [4.78, 5) is 14.5. The number of piperazine rings is 1. The Labute approximate surface area is 157 Å². The SMILES string of the molecule is CCN1CCN(S(=O)(=O)c2cccc(NC(=O)c3ccc(Cl)o3)c2)CC1. The molecule has 2 aromatic rings. The molecule has 1 aliphatic rings. The van der Waals surface area contributed by atoms with Gasteiger partial charge in [0.25, 0.3) is 5.91 Å². The summed E-state index contributed by atoms with van der Waals surface area (Å²) in [6, 6.07) is 9.11. The number of hydrogen-bond acceptors (Lipinski definition) is 5. The van der Waals surface area contributed by atoms with E-state index in [1.165, 1.54) is 28.6 Å². The fourth-order valence-electron chi connectivity index (χ4n) is 2.80. The van der Waals surface area contributed by atoms with Crippen molar-refractivity contribution in [2.75, 3.05) is 38.0 Å². The fraction of sp³-hybridized carbons (Fsp3) is 0.353. The molecule has 0 spiro atoms. The van der Waals surface area contributed by atoms with Crippen LogP contribution in [-0.4, -0.2) is 56.3 Å². The van der Waals surface area contributed by atoms with E-state index in [1.807, 2.05) is 0 Å². The molecule has 7 nitrogen and oxygen atoms in total. The summed E-state index contributed by atoms with van der Waals surface area (Å²) in [7, 11) is -3.60. The number of anilines is 1. The van der Waals surface area contributed by atoms with Gasteiger partial charge in [0.1, 0.15) is 0 Å². The van der Waals surface area contributed by atoms with Crippen molar-refractivity contribution in [2.24, 2.45) is 0 Å². The highest BCUT2D eigenvalue weighted by molar-refractivity contribution is 7.89. The largest absolute Gasteiger partial charge is 0.440 e. The van der Waals surface area contributed by atoms with Gasteiger partial charge in [-0.2, -0.15) is 4.31 Å². The Hall–Kier alpha value is -1.87. The van der Waals surface area contributed by atoms with Crippen LogP contribution < -0.4 is 5.32 Å². The van der Waals surface area contributed by atoms with Crippen LogP contribution >= 0.6 is 11.6 Å². The highest BCUT2D eigenvalue weighted by atomic mass is 35.5. The molecule has 1 N–H and O–H groups in total. The number of sulfonamides is 1. The van der Waals surface area contributed by atoms with Crippen LogP contribution in [0.1, 0.15) is 17.5 Å². The first-order valence-corrected chi connectivity index (χ1v) is 10.1. The minimum absolute atomic E-state index is 0.0546. The van der Waals surface area contributed by atoms with Crippen LogP contribution in [0.25, 0.3) is 0 Å². The maximum Gasteiger partial charge on any atom is 0.291 e. The predicted octanol–water partition coefficient (Wildman–Crippen LogP) is 2.51. The molecule has 1 amide bonds. The Kier molecular flexibility index (Phi) is 5.67. The number of nitrogens with zero attached hydrogens (tertiary/aromatic N) is 2. The second-order valence-corrected chi connectivity index (χ2v) is 8.23. The van der Waals surface area contributed by atoms with E-state index in [4.69, 9.17) is 16.0 Å². The van der Waals surface area contributed by atoms with Gasteiger partial charge < -0.3 is 14.6 Å². The quantitative estimate of drug-likeness (QED) is 0.838. The van der Waals surface area contributed by atoms with Crippen molar-refractivity contribution in [3.05, 3.63) is 47.4 Å².